The molecular formula is C14H20N2O2S. The zero-order chi connectivity index (χ0) is 13.5. The Morgan fingerprint density at radius 1 is 1.16 bits per heavy atom. The minimum absolute atomic E-state index is 0.562. The van der Waals surface area contributed by atoms with Gasteiger partial charge in [-0.3, -0.25) is 4.72 Å². The average molecular weight is 280 g/mol. The van der Waals surface area contributed by atoms with Crippen LogP contribution in [0.25, 0.3) is 0 Å². The Bertz CT molecular complexity index is 571. The van der Waals surface area contributed by atoms with Gasteiger partial charge in [0, 0.05) is 11.7 Å². The molecule has 2 N–H and O–H groups in total. The van der Waals surface area contributed by atoms with Crippen LogP contribution in [-0.2, 0) is 10.0 Å². The standard InChI is InChI=1S/C14H20N2O2S/c1-19(17,18)16-13-4-2-3-12(9-13)15-14-8-10-5-6-11(14)7-10/h2-4,9-11,14-16H,5-8H2,1H3. The van der Waals surface area contributed by atoms with Gasteiger partial charge in [0.05, 0.1) is 11.9 Å². The lowest BCUT2D eigenvalue weighted by molar-refractivity contribution is 0.440. The Balaban J connectivity index is 1.70. The zero-order valence-electron chi connectivity index (χ0n) is 11.1. The molecule has 0 aliphatic heterocycles. The molecule has 1 aromatic carbocycles. The van der Waals surface area contributed by atoms with Gasteiger partial charge in [-0.1, -0.05) is 12.5 Å². The largest absolute Gasteiger partial charge is 0.382 e. The maximum Gasteiger partial charge on any atom is 0.229 e. The predicted octanol–water partition coefficient (Wildman–Crippen LogP) is 2.66. The average Bonchev–Trinajstić information content (AvgIpc) is 2.88. The van der Waals surface area contributed by atoms with Crippen molar-refractivity contribution in [3.05, 3.63) is 24.3 Å². The van der Waals surface area contributed by atoms with E-state index in [1.165, 1.54) is 31.9 Å². The lowest BCUT2D eigenvalue weighted by Gasteiger charge is -2.24. The molecule has 104 valence electrons. The summed E-state index contributed by atoms with van der Waals surface area (Å²) < 4.78 is 25.0. The van der Waals surface area contributed by atoms with Crippen LogP contribution in [0.2, 0.25) is 0 Å². The summed E-state index contributed by atoms with van der Waals surface area (Å²) in [5.41, 5.74) is 1.63. The normalized spacial score (nSPS) is 29.4. The third-order valence-electron chi connectivity index (χ3n) is 4.26. The number of hydrogen-bond donors (Lipinski definition) is 2. The molecular weight excluding hydrogens is 260 g/mol. The molecule has 2 fully saturated rings. The van der Waals surface area contributed by atoms with Gasteiger partial charge in [-0.05, 0) is 49.3 Å². The van der Waals surface area contributed by atoms with E-state index in [1.54, 1.807) is 6.07 Å². The van der Waals surface area contributed by atoms with Crippen LogP contribution in [0.3, 0.4) is 0 Å². The Hall–Kier alpha value is -1.23. The number of sulfonamides is 1. The molecule has 0 aromatic heterocycles. The molecule has 0 amide bonds. The van der Waals surface area contributed by atoms with Crippen molar-refractivity contribution in [3.63, 3.8) is 0 Å². The van der Waals surface area contributed by atoms with Gasteiger partial charge in [0.15, 0.2) is 0 Å². The first-order chi connectivity index (χ1) is 8.99. The number of anilines is 2. The third kappa shape index (κ3) is 3.03. The van der Waals surface area contributed by atoms with Crippen LogP contribution in [0.15, 0.2) is 24.3 Å². The number of nitrogens with one attached hydrogen (secondary N) is 2. The summed E-state index contributed by atoms with van der Waals surface area (Å²) in [5.74, 6) is 1.70. The van der Waals surface area contributed by atoms with Crippen molar-refractivity contribution < 1.29 is 8.42 Å². The highest BCUT2D eigenvalue weighted by Gasteiger charge is 2.39. The topological polar surface area (TPSA) is 58.2 Å². The van der Waals surface area contributed by atoms with E-state index in [9.17, 15) is 8.42 Å². The van der Waals surface area contributed by atoms with Crippen molar-refractivity contribution in [1.29, 1.82) is 0 Å². The second-order valence-corrected chi connectivity index (χ2v) is 7.63. The van der Waals surface area contributed by atoms with Gasteiger partial charge in [0.1, 0.15) is 0 Å². The fourth-order valence-electron chi connectivity index (χ4n) is 3.52. The van der Waals surface area contributed by atoms with Crippen molar-refractivity contribution in [2.45, 2.75) is 31.7 Å². The first-order valence-corrected chi connectivity index (χ1v) is 8.73. The minimum Gasteiger partial charge on any atom is -0.382 e. The molecule has 0 spiro atoms. The van der Waals surface area contributed by atoms with Crippen LogP contribution >= 0.6 is 0 Å². The van der Waals surface area contributed by atoms with Crippen LogP contribution in [0.4, 0.5) is 11.4 Å². The van der Waals surface area contributed by atoms with E-state index in [1.807, 2.05) is 18.2 Å². The van der Waals surface area contributed by atoms with Crippen molar-refractivity contribution in [2.24, 2.45) is 11.8 Å². The molecule has 3 atom stereocenters. The molecule has 4 nitrogen and oxygen atoms in total. The Morgan fingerprint density at radius 2 is 1.95 bits per heavy atom. The lowest BCUT2D eigenvalue weighted by Crippen LogP contribution is -2.25. The van der Waals surface area contributed by atoms with Crippen LogP contribution < -0.4 is 10.0 Å². The van der Waals surface area contributed by atoms with Gasteiger partial charge >= 0.3 is 0 Å². The maximum atomic E-state index is 11.2. The fourth-order valence-corrected chi connectivity index (χ4v) is 4.08. The zero-order valence-corrected chi connectivity index (χ0v) is 11.9. The van der Waals surface area contributed by atoms with Gasteiger partial charge < -0.3 is 5.32 Å². The van der Waals surface area contributed by atoms with Crippen molar-refractivity contribution in [2.75, 3.05) is 16.3 Å². The van der Waals surface area contributed by atoms with E-state index in [4.69, 9.17) is 0 Å². The number of hydrogen-bond acceptors (Lipinski definition) is 3. The summed E-state index contributed by atoms with van der Waals surface area (Å²) in [4.78, 5) is 0. The maximum absolute atomic E-state index is 11.2. The summed E-state index contributed by atoms with van der Waals surface area (Å²) in [6, 6.07) is 8.08. The second kappa shape index (κ2) is 4.71. The molecule has 2 aliphatic rings. The summed E-state index contributed by atoms with van der Waals surface area (Å²) in [5, 5.41) is 3.56. The Kier molecular flexibility index (Phi) is 3.17. The molecule has 2 aliphatic carbocycles. The summed E-state index contributed by atoms with van der Waals surface area (Å²) in [6.45, 7) is 0. The molecule has 19 heavy (non-hydrogen) atoms. The van der Waals surface area contributed by atoms with Crippen LogP contribution in [-0.4, -0.2) is 20.7 Å². The van der Waals surface area contributed by atoms with E-state index in [2.05, 4.69) is 10.0 Å². The van der Waals surface area contributed by atoms with Crippen LogP contribution in [0.1, 0.15) is 25.7 Å². The van der Waals surface area contributed by atoms with E-state index in [-0.39, 0.29) is 0 Å². The van der Waals surface area contributed by atoms with Crippen molar-refractivity contribution in [3.8, 4) is 0 Å². The molecule has 3 unspecified atom stereocenters. The second-order valence-electron chi connectivity index (χ2n) is 5.88. The summed E-state index contributed by atoms with van der Waals surface area (Å²) >= 11 is 0. The highest BCUT2D eigenvalue weighted by atomic mass is 32.2. The van der Waals surface area contributed by atoms with Gasteiger partial charge in [-0.15, -0.1) is 0 Å². The first-order valence-electron chi connectivity index (χ1n) is 6.84. The SMILES string of the molecule is CS(=O)(=O)Nc1cccc(NC2CC3CCC2C3)c1. The van der Waals surface area contributed by atoms with Gasteiger partial charge in [0.2, 0.25) is 10.0 Å². The molecule has 2 bridgehead atoms. The lowest BCUT2D eigenvalue weighted by atomic mass is 9.95. The molecule has 0 saturated heterocycles. The highest BCUT2D eigenvalue weighted by Crippen LogP contribution is 2.45. The van der Waals surface area contributed by atoms with Gasteiger partial charge in [-0.25, -0.2) is 8.42 Å². The predicted molar refractivity (Wildman–Crippen MR) is 77.8 cm³/mol. The smallest absolute Gasteiger partial charge is 0.229 e. The third-order valence-corrected chi connectivity index (χ3v) is 4.86. The monoisotopic (exact) mass is 280 g/mol. The van der Waals surface area contributed by atoms with Gasteiger partial charge in [0.25, 0.3) is 0 Å². The molecule has 0 heterocycles. The molecule has 2 saturated carbocycles. The first kappa shape index (κ1) is 12.8. The molecule has 1 aromatic rings. The number of rotatable bonds is 4. The highest BCUT2D eigenvalue weighted by molar-refractivity contribution is 7.92. The Morgan fingerprint density at radius 3 is 2.58 bits per heavy atom. The number of benzene rings is 1. The molecule has 5 heteroatoms. The molecule has 0 radical (unpaired) electrons. The fraction of sp³-hybridized carbons (Fsp3) is 0.571. The van der Waals surface area contributed by atoms with E-state index >= 15 is 0 Å². The quantitative estimate of drug-likeness (QED) is 0.891. The summed E-state index contributed by atoms with van der Waals surface area (Å²) in [6.07, 6.45) is 6.51. The minimum atomic E-state index is -3.21. The Labute approximate surface area is 114 Å². The van der Waals surface area contributed by atoms with Crippen LogP contribution in [0.5, 0.6) is 0 Å². The number of fused-ring (bicyclic) bond motifs is 2. The summed E-state index contributed by atoms with van der Waals surface area (Å²) in [7, 11) is -3.21. The van der Waals surface area contributed by atoms with E-state index in [0.29, 0.717) is 11.7 Å². The van der Waals surface area contributed by atoms with E-state index < -0.39 is 10.0 Å². The van der Waals surface area contributed by atoms with E-state index in [0.717, 1.165) is 17.5 Å². The van der Waals surface area contributed by atoms with Crippen LogP contribution in [0, 0.1) is 11.8 Å². The van der Waals surface area contributed by atoms with Gasteiger partial charge in [-0.2, -0.15) is 0 Å². The molecule has 3 rings (SSSR count). The van der Waals surface area contributed by atoms with Crippen molar-refractivity contribution in [1.82, 2.24) is 0 Å². The van der Waals surface area contributed by atoms with Crippen molar-refractivity contribution >= 4 is 21.4 Å².